The summed E-state index contributed by atoms with van der Waals surface area (Å²) in [6.07, 6.45) is 86.6. The van der Waals surface area contributed by atoms with Crippen molar-refractivity contribution < 1.29 is 28.6 Å². The van der Waals surface area contributed by atoms with E-state index in [9.17, 15) is 14.4 Å². The first kappa shape index (κ1) is 68.0. The van der Waals surface area contributed by atoms with Gasteiger partial charge in [-0.05, 0) is 135 Å². The summed E-state index contributed by atoms with van der Waals surface area (Å²) in [5.74, 6) is -1.01. The lowest BCUT2D eigenvalue weighted by Crippen LogP contribution is -2.30. The molecule has 0 aliphatic carbocycles. The van der Waals surface area contributed by atoms with Crippen molar-refractivity contribution >= 4 is 17.9 Å². The van der Waals surface area contributed by atoms with E-state index < -0.39 is 6.10 Å². The molecule has 0 aliphatic rings. The van der Waals surface area contributed by atoms with Crippen LogP contribution in [0.15, 0.2) is 158 Å². The zero-order chi connectivity index (χ0) is 52.9. The van der Waals surface area contributed by atoms with Gasteiger partial charge in [-0.2, -0.15) is 0 Å². The molecule has 0 N–H and O–H groups in total. The molecule has 0 heterocycles. The van der Waals surface area contributed by atoms with Crippen LogP contribution >= 0.6 is 0 Å². The molecule has 0 fully saturated rings. The molecule has 1 unspecified atom stereocenters. The van der Waals surface area contributed by atoms with Crippen LogP contribution in [0.5, 0.6) is 0 Å². The molecule has 0 bridgehead atoms. The zero-order valence-electron chi connectivity index (χ0n) is 46.6. The summed E-state index contributed by atoms with van der Waals surface area (Å²) in [7, 11) is 0. The molecule has 0 aromatic carbocycles. The monoisotopic (exact) mass is 1000 g/mol. The number of carbonyl (C=O) groups excluding carboxylic acids is 3. The lowest BCUT2D eigenvalue weighted by atomic mass is 10.1. The van der Waals surface area contributed by atoms with E-state index in [4.69, 9.17) is 14.2 Å². The molecule has 6 heteroatoms. The highest BCUT2D eigenvalue weighted by Gasteiger charge is 2.19. The third kappa shape index (κ3) is 57.8. The van der Waals surface area contributed by atoms with E-state index in [2.05, 4.69) is 179 Å². The average Bonchev–Trinajstić information content (AvgIpc) is 3.39. The van der Waals surface area contributed by atoms with Crippen LogP contribution < -0.4 is 0 Å². The van der Waals surface area contributed by atoms with Crippen molar-refractivity contribution in [1.29, 1.82) is 0 Å². The van der Waals surface area contributed by atoms with E-state index in [0.29, 0.717) is 12.8 Å². The van der Waals surface area contributed by atoms with Gasteiger partial charge in [0, 0.05) is 19.3 Å². The first-order valence-corrected chi connectivity index (χ1v) is 29.0. The lowest BCUT2D eigenvalue weighted by Gasteiger charge is -2.18. The van der Waals surface area contributed by atoms with Crippen LogP contribution in [0.25, 0.3) is 0 Å². The second-order valence-electron chi connectivity index (χ2n) is 18.4. The van der Waals surface area contributed by atoms with Crippen molar-refractivity contribution in [3.8, 4) is 0 Å². The quantitative estimate of drug-likeness (QED) is 0.0261. The van der Waals surface area contributed by atoms with E-state index in [1.807, 2.05) is 0 Å². The SMILES string of the molecule is CC/C=C\C/C=C\C/C=C\C/C=C\C/C=C\CCCC(=O)OCC(COC(=O)CCCCCCCC/C=C\C/C=C\C/C=C\C/C=C\CC)OC(=O)CCCCCCCC/C=C\C/C=C\C/C=C\C/C=C\CC. The normalized spacial score (nSPS) is 13.3. The summed E-state index contributed by atoms with van der Waals surface area (Å²) >= 11 is 0. The number of hydrogen-bond donors (Lipinski definition) is 0. The molecule has 0 aromatic rings. The largest absolute Gasteiger partial charge is 0.462 e. The van der Waals surface area contributed by atoms with Crippen molar-refractivity contribution in [2.75, 3.05) is 13.2 Å². The Morgan fingerprint density at radius 3 is 0.822 bits per heavy atom. The number of unbranched alkanes of at least 4 members (excludes halogenated alkanes) is 13. The topological polar surface area (TPSA) is 78.9 Å². The summed E-state index contributed by atoms with van der Waals surface area (Å²) in [5.41, 5.74) is 0. The predicted octanol–water partition coefficient (Wildman–Crippen LogP) is 19.8. The van der Waals surface area contributed by atoms with Crippen LogP contribution in [0.4, 0.5) is 0 Å². The molecule has 0 aliphatic heterocycles. The summed E-state index contributed by atoms with van der Waals surface area (Å²) in [5, 5.41) is 0. The van der Waals surface area contributed by atoms with E-state index in [0.717, 1.165) is 154 Å². The Kier molecular flexibility index (Phi) is 55.5. The van der Waals surface area contributed by atoms with Crippen molar-refractivity contribution in [2.45, 2.75) is 232 Å². The van der Waals surface area contributed by atoms with Gasteiger partial charge < -0.3 is 14.2 Å². The Balaban J connectivity index is 4.56. The summed E-state index contributed by atoms with van der Waals surface area (Å²) in [6.45, 7) is 6.21. The fraction of sp³-hybridized carbons (Fsp3) is 0.567. The van der Waals surface area contributed by atoms with Crippen molar-refractivity contribution in [1.82, 2.24) is 0 Å². The van der Waals surface area contributed by atoms with Gasteiger partial charge in [0.25, 0.3) is 0 Å². The third-order valence-electron chi connectivity index (χ3n) is 11.5. The molecular weight excluding hydrogens is 901 g/mol. The molecule has 0 rings (SSSR count). The molecule has 0 amide bonds. The average molecular weight is 1010 g/mol. The number of esters is 3. The Labute approximate surface area is 448 Å². The number of allylic oxidation sites excluding steroid dienone is 26. The van der Waals surface area contributed by atoms with Crippen molar-refractivity contribution in [3.63, 3.8) is 0 Å². The van der Waals surface area contributed by atoms with Gasteiger partial charge in [-0.3, -0.25) is 14.4 Å². The van der Waals surface area contributed by atoms with E-state index in [-0.39, 0.29) is 44.0 Å². The van der Waals surface area contributed by atoms with Gasteiger partial charge in [0.05, 0.1) is 0 Å². The molecule has 408 valence electrons. The number of hydrogen-bond acceptors (Lipinski definition) is 6. The molecular formula is C67H104O6. The van der Waals surface area contributed by atoms with Crippen LogP contribution in [0.3, 0.4) is 0 Å². The Hall–Kier alpha value is -4.97. The molecule has 0 spiro atoms. The smallest absolute Gasteiger partial charge is 0.306 e. The molecule has 1 atom stereocenters. The van der Waals surface area contributed by atoms with Gasteiger partial charge in [0.2, 0.25) is 0 Å². The minimum Gasteiger partial charge on any atom is -0.462 e. The molecule has 0 saturated heterocycles. The maximum Gasteiger partial charge on any atom is 0.306 e. The fourth-order valence-electron chi connectivity index (χ4n) is 7.28. The number of carbonyl (C=O) groups is 3. The molecule has 0 saturated carbocycles. The summed E-state index contributed by atoms with van der Waals surface area (Å²) in [4.78, 5) is 38.2. The van der Waals surface area contributed by atoms with Gasteiger partial charge in [0.1, 0.15) is 13.2 Å². The van der Waals surface area contributed by atoms with E-state index in [1.54, 1.807) is 0 Å². The molecule has 6 nitrogen and oxygen atoms in total. The lowest BCUT2D eigenvalue weighted by molar-refractivity contribution is -0.167. The Morgan fingerprint density at radius 1 is 0.274 bits per heavy atom. The Bertz CT molecular complexity index is 1670. The standard InChI is InChI=1S/C67H104O6/c1-4-7-10-13-16-19-22-25-28-31-33-36-39-42-45-48-51-54-57-60-66(69)72-63-64(62-71-65(68)59-56-53-50-47-44-41-38-35-30-27-24-21-18-15-12-9-6-3)73-67(70)61-58-55-52-49-46-43-40-37-34-32-29-26-23-20-17-14-11-8-5-2/h7-12,16-21,25-30,33-34,36-38,41,47,50,64H,4-6,13-15,22-24,31-32,35,39-40,42-46,48-49,51-63H2,1-3H3/b10-7-,11-8-,12-9-,19-16-,20-17-,21-18-,28-25-,29-26-,30-27-,36-33-,37-34-,41-38-,50-47-. The molecule has 0 radical (unpaired) electrons. The van der Waals surface area contributed by atoms with Gasteiger partial charge in [0.15, 0.2) is 6.10 Å². The van der Waals surface area contributed by atoms with E-state index in [1.165, 1.54) is 25.7 Å². The number of rotatable bonds is 50. The summed E-state index contributed by atoms with van der Waals surface area (Å²) < 4.78 is 16.8. The number of ether oxygens (including phenoxy) is 3. The second-order valence-corrected chi connectivity index (χ2v) is 18.4. The fourth-order valence-corrected chi connectivity index (χ4v) is 7.28. The second kappa shape index (κ2) is 59.6. The van der Waals surface area contributed by atoms with Crippen LogP contribution in [0, 0.1) is 0 Å². The first-order valence-electron chi connectivity index (χ1n) is 29.0. The van der Waals surface area contributed by atoms with Crippen molar-refractivity contribution in [3.05, 3.63) is 158 Å². The van der Waals surface area contributed by atoms with Gasteiger partial charge in [-0.15, -0.1) is 0 Å². The first-order chi connectivity index (χ1) is 36.0. The molecule has 0 aromatic heterocycles. The minimum atomic E-state index is -0.824. The Morgan fingerprint density at radius 2 is 0.507 bits per heavy atom. The summed E-state index contributed by atoms with van der Waals surface area (Å²) in [6, 6.07) is 0. The van der Waals surface area contributed by atoms with E-state index >= 15 is 0 Å². The van der Waals surface area contributed by atoms with Crippen LogP contribution in [-0.2, 0) is 28.6 Å². The van der Waals surface area contributed by atoms with Gasteiger partial charge >= 0.3 is 17.9 Å². The highest BCUT2D eigenvalue weighted by atomic mass is 16.6. The zero-order valence-corrected chi connectivity index (χ0v) is 46.6. The molecule has 73 heavy (non-hydrogen) atoms. The highest BCUT2D eigenvalue weighted by molar-refractivity contribution is 5.71. The van der Waals surface area contributed by atoms with Gasteiger partial charge in [-0.1, -0.05) is 230 Å². The highest BCUT2D eigenvalue weighted by Crippen LogP contribution is 2.13. The maximum atomic E-state index is 12.9. The third-order valence-corrected chi connectivity index (χ3v) is 11.5. The maximum absolute atomic E-state index is 12.9. The van der Waals surface area contributed by atoms with Crippen LogP contribution in [-0.4, -0.2) is 37.2 Å². The minimum absolute atomic E-state index is 0.117. The van der Waals surface area contributed by atoms with Crippen LogP contribution in [0.1, 0.15) is 226 Å². The predicted molar refractivity (Wildman–Crippen MR) is 315 cm³/mol. The van der Waals surface area contributed by atoms with Crippen LogP contribution in [0.2, 0.25) is 0 Å². The van der Waals surface area contributed by atoms with Gasteiger partial charge in [-0.25, -0.2) is 0 Å². The van der Waals surface area contributed by atoms with Crippen molar-refractivity contribution in [2.24, 2.45) is 0 Å².